The summed E-state index contributed by atoms with van der Waals surface area (Å²) in [7, 11) is 0. The number of ether oxygens (including phenoxy) is 1. The first kappa shape index (κ1) is 16.0. The van der Waals surface area contributed by atoms with E-state index in [4.69, 9.17) is 4.74 Å². The Morgan fingerprint density at radius 3 is 3.12 bits per heavy atom. The first-order valence-electron chi connectivity index (χ1n) is 8.06. The van der Waals surface area contributed by atoms with E-state index < -0.39 is 0 Å². The number of rotatable bonds is 4. The third-order valence-electron chi connectivity index (χ3n) is 4.30. The smallest absolute Gasteiger partial charge is 0.338 e. The SMILES string of the molecule is O=C(OCC1CCCN1c1ccnc2ncnn12)c1cccc(Br)c1. The summed E-state index contributed by atoms with van der Waals surface area (Å²) in [6.45, 7) is 1.22. The monoisotopic (exact) mass is 401 g/mol. The summed E-state index contributed by atoms with van der Waals surface area (Å²) >= 11 is 3.37. The van der Waals surface area contributed by atoms with Crippen LogP contribution in [0.1, 0.15) is 23.2 Å². The minimum Gasteiger partial charge on any atom is -0.460 e. The molecule has 1 saturated heterocycles. The zero-order valence-corrected chi connectivity index (χ0v) is 15.0. The van der Waals surface area contributed by atoms with E-state index in [2.05, 4.69) is 35.9 Å². The van der Waals surface area contributed by atoms with Gasteiger partial charge in [0.25, 0.3) is 5.78 Å². The lowest BCUT2D eigenvalue weighted by molar-refractivity contribution is 0.0482. The summed E-state index contributed by atoms with van der Waals surface area (Å²) < 4.78 is 8.12. The molecule has 1 unspecified atom stereocenters. The van der Waals surface area contributed by atoms with E-state index in [-0.39, 0.29) is 12.0 Å². The van der Waals surface area contributed by atoms with Crippen molar-refractivity contribution in [2.75, 3.05) is 18.1 Å². The lowest BCUT2D eigenvalue weighted by Gasteiger charge is -2.26. The topological polar surface area (TPSA) is 72.6 Å². The molecular formula is C17H16BrN5O2. The van der Waals surface area contributed by atoms with Gasteiger partial charge < -0.3 is 9.64 Å². The van der Waals surface area contributed by atoms with Crippen LogP contribution in [0.4, 0.5) is 5.82 Å². The van der Waals surface area contributed by atoms with E-state index in [0.29, 0.717) is 17.9 Å². The first-order valence-corrected chi connectivity index (χ1v) is 8.86. The fraction of sp³-hybridized carbons (Fsp3) is 0.294. The van der Waals surface area contributed by atoms with Crippen molar-refractivity contribution < 1.29 is 9.53 Å². The van der Waals surface area contributed by atoms with Crippen LogP contribution >= 0.6 is 15.9 Å². The van der Waals surface area contributed by atoms with Crippen LogP contribution in [-0.2, 0) is 4.74 Å². The Hall–Kier alpha value is -2.48. The fourth-order valence-electron chi connectivity index (χ4n) is 3.12. The third-order valence-corrected chi connectivity index (χ3v) is 4.79. The lowest BCUT2D eigenvalue weighted by Crippen LogP contribution is -2.35. The molecule has 3 heterocycles. The van der Waals surface area contributed by atoms with Gasteiger partial charge in [-0.05, 0) is 37.1 Å². The molecule has 7 nitrogen and oxygen atoms in total. The van der Waals surface area contributed by atoms with Crippen LogP contribution in [0.3, 0.4) is 0 Å². The van der Waals surface area contributed by atoms with E-state index in [1.54, 1.807) is 22.8 Å². The molecule has 128 valence electrons. The van der Waals surface area contributed by atoms with Crippen molar-refractivity contribution in [3.8, 4) is 0 Å². The number of aromatic nitrogens is 4. The zero-order valence-electron chi connectivity index (χ0n) is 13.4. The highest BCUT2D eigenvalue weighted by Gasteiger charge is 2.28. The summed E-state index contributed by atoms with van der Waals surface area (Å²) in [6.07, 6.45) is 5.22. The highest BCUT2D eigenvalue weighted by Crippen LogP contribution is 2.25. The quantitative estimate of drug-likeness (QED) is 0.625. The maximum absolute atomic E-state index is 12.3. The summed E-state index contributed by atoms with van der Waals surface area (Å²) in [5.41, 5.74) is 0.543. The normalized spacial score (nSPS) is 17.2. The van der Waals surface area contributed by atoms with Gasteiger partial charge in [0.05, 0.1) is 11.6 Å². The maximum atomic E-state index is 12.3. The first-order chi connectivity index (χ1) is 12.2. The van der Waals surface area contributed by atoms with Crippen molar-refractivity contribution in [1.29, 1.82) is 0 Å². The van der Waals surface area contributed by atoms with Gasteiger partial charge in [0.1, 0.15) is 18.8 Å². The number of hydrogen-bond acceptors (Lipinski definition) is 6. The van der Waals surface area contributed by atoms with E-state index in [1.807, 2.05) is 18.2 Å². The van der Waals surface area contributed by atoms with Crippen LogP contribution in [-0.4, -0.2) is 44.7 Å². The van der Waals surface area contributed by atoms with Crippen molar-refractivity contribution >= 4 is 33.5 Å². The number of fused-ring (bicyclic) bond motifs is 1. The average molecular weight is 402 g/mol. The maximum Gasteiger partial charge on any atom is 0.338 e. The van der Waals surface area contributed by atoms with Crippen molar-refractivity contribution in [2.45, 2.75) is 18.9 Å². The number of hydrogen-bond donors (Lipinski definition) is 0. The van der Waals surface area contributed by atoms with Gasteiger partial charge in [-0.2, -0.15) is 14.6 Å². The Bertz CT molecular complexity index is 913. The summed E-state index contributed by atoms with van der Waals surface area (Å²) in [6, 6.07) is 9.24. The minimum atomic E-state index is -0.311. The predicted molar refractivity (Wildman–Crippen MR) is 95.6 cm³/mol. The van der Waals surface area contributed by atoms with Crippen LogP contribution < -0.4 is 4.90 Å². The van der Waals surface area contributed by atoms with Crippen LogP contribution in [0, 0.1) is 0 Å². The van der Waals surface area contributed by atoms with Crippen molar-refractivity contribution in [3.05, 3.63) is 52.9 Å². The number of esters is 1. The molecule has 1 fully saturated rings. The Morgan fingerprint density at radius 1 is 1.32 bits per heavy atom. The van der Waals surface area contributed by atoms with Crippen molar-refractivity contribution in [1.82, 2.24) is 19.6 Å². The molecule has 1 aliphatic rings. The van der Waals surface area contributed by atoms with Gasteiger partial charge in [-0.3, -0.25) is 0 Å². The Balaban J connectivity index is 1.49. The Labute approximate surface area is 152 Å². The van der Waals surface area contributed by atoms with Gasteiger partial charge in [0.2, 0.25) is 0 Å². The largest absolute Gasteiger partial charge is 0.460 e. The predicted octanol–water partition coefficient (Wildman–Crippen LogP) is 2.71. The number of nitrogens with zero attached hydrogens (tertiary/aromatic N) is 5. The molecule has 4 rings (SSSR count). The number of benzene rings is 1. The lowest BCUT2D eigenvalue weighted by atomic mass is 10.2. The standard InChI is InChI=1S/C17H16BrN5O2/c18-13-4-1-3-12(9-13)16(24)25-10-14-5-2-8-22(14)15-6-7-19-17-20-11-21-23(15)17/h1,3-4,6-7,9,11,14H,2,5,8,10H2. The van der Waals surface area contributed by atoms with E-state index >= 15 is 0 Å². The number of carbonyl (C=O) groups excluding carboxylic acids is 1. The molecule has 0 saturated carbocycles. The molecule has 8 heteroatoms. The molecule has 3 aromatic rings. The fourth-order valence-corrected chi connectivity index (χ4v) is 3.52. The second-order valence-corrected chi connectivity index (χ2v) is 6.79. The Kier molecular flexibility index (Phi) is 4.35. The number of anilines is 1. The zero-order chi connectivity index (χ0) is 17.2. The molecule has 25 heavy (non-hydrogen) atoms. The highest BCUT2D eigenvalue weighted by molar-refractivity contribution is 9.10. The molecule has 1 aliphatic heterocycles. The molecule has 0 bridgehead atoms. The molecule has 0 N–H and O–H groups in total. The molecule has 0 spiro atoms. The second-order valence-electron chi connectivity index (χ2n) is 5.87. The minimum absolute atomic E-state index is 0.117. The van der Waals surface area contributed by atoms with Crippen LogP contribution in [0.5, 0.6) is 0 Å². The van der Waals surface area contributed by atoms with Gasteiger partial charge in [0.15, 0.2) is 0 Å². The second kappa shape index (κ2) is 6.79. The number of carbonyl (C=O) groups is 1. The van der Waals surface area contributed by atoms with E-state index in [9.17, 15) is 4.79 Å². The van der Waals surface area contributed by atoms with E-state index in [1.165, 1.54) is 6.33 Å². The molecule has 1 aromatic carbocycles. The summed E-state index contributed by atoms with van der Waals surface area (Å²) in [4.78, 5) is 22.8. The van der Waals surface area contributed by atoms with Gasteiger partial charge in [-0.1, -0.05) is 22.0 Å². The summed E-state index contributed by atoms with van der Waals surface area (Å²) in [5, 5.41) is 4.24. The van der Waals surface area contributed by atoms with Crippen LogP contribution in [0.2, 0.25) is 0 Å². The van der Waals surface area contributed by atoms with Crippen molar-refractivity contribution in [3.63, 3.8) is 0 Å². The Morgan fingerprint density at radius 2 is 2.24 bits per heavy atom. The van der Waals surface area contributed by atoms with Gasteiger partial charge in [-0.15, -0.1) is 0 Å². The van der Waals surface area contributed by atoms with E-state index in [0.717, 1.165) is 29.7 Å². The third kappa shape index (κ3) is 3.21. The highest BCUT2D eigenvalue weighted by atomic mass is 79.9. The molecule has 0 radical (unpaired) electrons. The van der Waals surface area contributed by atoms with Crippen LogP contribution in [0.25, 0.3) is 5.78 Å². The van der Waals surface area contributed by atoms with Gasteiger partial charge in [-0.25, -0.2) is 9.78 Å². The molecule has 2 aromatic heterocycles. The van der Waals surface area contributed by atoms with Gasteiger partial charge in [0, 0.05) is 17.2 Å². The van der Waals surface area contributed by atoms with Crippen LogP contribution in [0.15, 0.2) is 47.3 Å². The molecule has 1 atom stereocenters. The summed E-state index contributed by atoms with van der Waals surface area (Å²) in [5.74, 6) is 1.17. The molecule has 0 aliphatic carbocycles. The van der Waals surface area contributed by atoms with Crippen molar-refractivity contribution in [2.24, 2.45) is 0 Å². The molecular weight excluding hydrogens is 386 g/mol. The average Bonchev–Trinajstić information content (AvgIpc) is 3.28. The number of halogens is 1. The van der Waals surface area contributed by atoms with Gasteiger partial charge >= 0.3 is 5.97 Å². The molecule has 0 amide bonds.